The first-order valence-electron chi connectivity index (χ1n) is 1.56. The van der Waals surface area contributed by atoms with E-state index < -0.39 is 0 Å². The fourth-order valence-electron chi connectivity index (χ4n) is 0. The Labute approximate surface area is 62.5 Å². The Balaban J connectivity index is -0.0000000150. The molecule has 3 heteroatoms. The standard InChI is InChI=1S/C4H9.2FH.Zr/c1-4(2)3;;;/h4H,1H2,2-3H3;2*1H;/q-1;;;+3/p-2. The molecule has 0 amide bonds. The van der Waals surface area contributed by atoms with Gasteiger partial charge in [-0.05, 0) is 0 Å². The summed E-state index contributed by atoms with van der Waals surface area (Å²) in [6.45, 7) is 7.75. The van der Waals surface area contributed by atoms with Gasteiger partial charge in [-0.3, -0.25) is 0 Å². The van der Waals surface area contributed by atoms with Gasteiger partial charge in [0.1, 0.15) is 0 Å². The van der Waals surface area contributed by atoms with Crippen molar-refractivity contribution >= 4 is 0 Å². The summed E-state index contributed by atoms with van der Waals surface area (Å²) in [4.78, 5) is 0. The van der Waals surface area contributed by atoms with Crippen molar-refractivity contribution in [2.24, 2.45) is 5.92 Å². The smallest absolute Gasteiger partial charge is 1.00 e. The SMILES string of the molecule is [CH2-]C(C)C.[F-].[F-].[Zr+3]. The molecule has 0 aromatic rings. The van der Waals surface area contributed by atoms with E-state index >= 15 is 0 Å². The van der Waals surface area contributed by atoms with Gasteiger partial charge in [-0.1, -0.05) is 13.8 Å². The molecule has 0 aliphatic rings. The van der Waals surface area contributed by atoms with Gasteiger partial charge in [0.2, 0.25) is 0 Å². The van der Waals surface area contributed by atoms with Gasteiger partial charge in [0.15, 0.2) is 0 Å². The van der Waals surface area contributed by atoms with E-state index in [2.05, 4.69) is 20.8 Å². The second kappa shape index (κ2) is 15.9. The Morgan fingerprint density at radius 3 is 1.14 bits per heavy atom. The normalized spacial score (nSPS) is 5.14. The summed E-state index contributed by atoms with van der Waals surface area (Å²) in [5, 5.41) is 0. The summed E-state index contributed by atoms with van der Waals surface area (Å²) in [6, 6.07) is 0. The van der Waals surface area contributed by atoms with Gasteiger partial charge >= 0.3 is 26.2 Å². The minimum atomic E-state index is 0. The van der Waals surface area contributed by atoms with Gasteiger partial charge in [0, 0.05) is 0 Å². The van der Waals surface area contributed by atoms with Gasteiger partial charge in [0.05, 0.1) is 0 Å². The van der Waals surface area contributed by atoms with E-state index in [1.807, 2.05) is 0 Å². The molecule has 0 aliphatic carbocycles. The monoisotopic (exact) mass is 185 g/mol. The van der Waals surface area contributed by atoms with E-state index in [1.165, 1.54) is 0 Å². The predicted octanol–water partition coefficient (Wildman–Crippen LogP) is -4.52. The molecular formula is C4H9F2Zr. The fraction of sp³-hybridized carbons (Fsp3) is 0.750. The molecular weight excluding hydrogens is 177 g/mol. The van der Waals surface area contributed by atoms with Crippen LogP contribution in [0.25, 0.3) is 0 Å². The van der Waals surface area contributed by atoms with Crippen LogP contribution in [0.1, 0.15) is 13.8 Å². The van der Waals surface area contributed by atoms with Crippen molar-refractivity contribution in [2.75, 3.05) is 0 Å². The van der Waals surface area contributed by atoms with Crippen molar-refractivity contribution in [3.63, 3.8) is 0 Å². The van der Waals surface area contributed by atoms with E-state index in [0.29, 0.717) is 5.92 Å². The van der Waals surface area contributed by atoms with Crippen molar-refractivity contribution < 1.29 is 35.6 Å². The van der Waals surface area contributed by atoms with Gasteiger partial charge in [-0.2, -0.15) is 5.92 Å². The second-order valence-corrected chi connectivity index (χ2v) is 1.39. The summed E-state index contributed by atoms with van der Waals surface area (Å²) in [6.07, 6.45) is 0. The summed E-state index contributed by atoms with van der Waals surface area (Å²) in [5.41, 5.74) is 0. The molecule has 0 nitrogen and oxygen atoms in total. The molecule has 7 heavy (non-hydrogen) atoms. The first-order valence-corrected chi connectivity index (χ1v) is 1.56. The first kappa shape index (κ1) is 25.1. The number of hydrogen-bond donors (Lipinski definition) is 0. The molecule has 0 aliphatic heterocycles. The zero-order valence-electron chi connectivity index (χ0n) is 4.54. The molecule has 0 spiro atoms. The van der Waals surface area contributed by atoms with Crippen LogP contribution >= 0.6 is 0 Å². The van der Waals surface area contributed by atoms with Gasteiger partial charge < -0.3 is 16.3 Å². The second-order valence-electron chi connectivity index (χ2n) is 1.39. The molecule has 43 valence electrons. The molecule has 0 heterocycles. The molecule has 0 saturated carbocycles. The van der Waals surface area contributed by atoms with Crippen LogP contribution in [0.4, 0.5) is 0 Å². The molecule has 0 N–H and O–H groups in total. The molecule has 0 aromatic carbocycles. The molecule has 0 fully saturated rings. The maximum atomic E-state index is 3.64. The molecule has 0 aromatic heterocycles. The molecule has 0 atom stereocenters. The van der Waals surface area contributed by atoms with Crippen LogP contribution in [0.15, 0.2) is 0 Å². The van der Waals surface area contributed by atoms with Crippen LogP contribution in [0.3, 0.4) is 0 Å². The van der Waals surface area contributed by atoms with E-state index in [4.69, 9.17) is 0 Å². The minimum Gasteiger partial charge on any atom is -1.00 e. The maximum absolute atomic E-state index is 3.64. The summed E-state index contributed by atoms with van der Waals surface area (Å²) in [5.74, 6) is 0.583. The summed E-state index contributed by atoms with van der Waals surface area (Å²) < 4.78 is 0. The van der Waals surface area contributed by atoms with Crippen molar-refractivity contribution in [3.8, 4) is 0 Å². The molecule has 0 bridgehead atoms. The van der Waals surface area contributed by atoms with Crippen molar-refractivity contribution in [1.82, 2.24) is 0 Å². The van der Waals surface area contributed by atoms with Gasteiger partial charge in [-0.15, -0.1) is 0 Å². The Morgan fingerprint density at radius 1 is 1.14 bits per heavy atom. The predicted molar refractivity (Wildman–Crippen MR) is 20.2 cm³/mol. The third kappa shape index (κ3) is 275. The van der Waals surface area contributed by atoms with Crippen LogP contribution in [0, 0.1) is 12.8 Å². The average molecular weight is 186 g/mol. The number of hydrogen-bond acceptors (Lipinski definition) is 0. The minimum absolute atomic E-state index is 0. The van der Waals surface area contributed by atoms with Gasteiger partial charge in [0.25, 0.3) is 0 Å². The van der Waals surface area contributed by atoms with Crippen LogP contribution in [0.5, 0.6) is 0 Å². The van der Waals surface area contributed by atoms with E-state index in [-0.39, 0.29) is 35.6 Å². The molecule has 1 radical (unpaired) electrons. The zero-order valence-corrected chi connectivity index (χ0v) is 7.00. The van der Waals surface area contributed by atoms with Gasteiger partial charge in [-0.25, -0.2) is 0 Å². The quantitative estimate of drug-likeness (QED) is 0.335. The first-order chi connectivity index (χ1) is 1.73. The van der Waals surface area contributed by atoms with E-state index in [0.717, 1.165) is 0 Å². The third-order valence-corrected chi connectivity index (χ3v) is 0. The van der Waals surface area contributed by atoms with Crippen LogP contribution in [-0.4, -0.2) is 0 Å². The van der Waals surface area contributed by atoms with Crippen molar-refractivity contribution in [2.45, 2.75) is 13.8 Å². The average Bonchev–Trinajstić information content (AvgIpc) is 0.811. The Kier molecular flexibility index (Phi) is 57.0. The Morgan fingerprint density at radius 2 is 1.14 bits per heavy atom. The van der Waals surface area contributed by atoms with Crippen molar-refractivity contribution in [1.29, 1.82) is 0 Å². The summed E-state index contributed by atoms with van der Waals surface area (Å²) in [7, 11) is 0. The van der Waals surface area contributed by atoms with Crippen LogP contribution < -0.4 is 9.41 Å². The number of rotatable bonds is 0. The van der Waals surface area contributed by atoms with Crippen LogP contribution in [-0.2, 0) is 26.2 Å². The molecule has 0 saturated heterocycles. The van der Waals surface area contributed by atoms with Crippen molar-refractivity contribution in [3.05, 3.63) is 6.92 Å². The van der Waals surface area contributed by atoms with E-state index in [9.17, 15) is 0 Å². The Hall–Kier alpha value is 0.743. The van der Waals surface area contributed by atoms with Crippen LogP contribution in [0.2, 0.25) is 0 Å². The Bertz CT molecular complexity index is 14.4. The largest absolute Gasteiger partial charge is 3.00 e. The van der Waals surface area contributed by atoms with E-state index in [1.54, 1.807) is 0 Å². The maximum Gasteiger partial charge on any atom is 3.00 e. The third-order valence-electron chi connectivity index (χ3n) is 0. The molecule has 0 unspecified atom stereocenters. The molecule has 0 rings (SSSR count). The summed E-state index contributed by atoms with van der Waals surface area (Å²) >= 11 is 0. The topological polar surface area (TPSA) is 0 Å². The number of halogens is 2. The fourth-order valence-corrected chi connectivity index (χ4v) is 0. The zero-order chi connectivity index (χ0) is 3.58.